The standard InChI is InChI=1S/C8H18O.C6H14O4/c1-3-5-7-9-8-6-4-2;7-1-3-9-5-6-10-4-2-8/h3-8H2,1-2H3;7-8H,1-6H2. The van der Waals surface area contributed by atoms with E-state index in [1.807, 2.05) is 0 Å². The Hall–Kier alpha value is -0.200. The van der Waals surface area contributed by atoms with Gasteiger partial charge in [0.25, 0.3) is 0 Å². The summed E-state index contributed by atoms with van der Waals surface area (Å²) in [5.74, 6) is 0. The molecule has 0 aromatic rings. The first-order valence-electron chi connectivity index (χ1n) is 7.28. The second kappa shape index (κ2) is 22.9. The molecule has 5 nitrogen and oxygen atoms in total. The Morgan fingerprint density at radius 1 is 0.579 bits per heavy atom. The summed E-state index contributed by atoms with van der Waals surface area (Å²) in [5, 5.41) is 16.5. The Bertz CT molecular complexity index is 119. The van der Waals surface area contributed by atoms with Gasteiger partial charge in [0.2, 0.25) is 0 Å². The number of aliphatic hydroxyl groups excluding tert-OH is 2. The highest BCUT2D eigenvalue weighted by Gasteiger charge is 1.86. The van der Waals surface area contributed by atoms with Crippen LogP contribution < -0.4 is 0 Å². The van der Waals surface area contributed by atoms with Crippen molar-refractivity contribution in [1.29, 1.82) is 0 Å². The van der Waals surface area contributed by atoms with Crippen LogP contribution in [-0.2, 0) is 14.2 Å². The summed E-state index contributed by atoms with van der Waals surface area (Å²) in [6.45, 7) is 8.01. The average Bonchev–Trinajstić information content (AvgIpc) is 2.43. The van der Waals surface area contributed by atoms with E-state index in [1.54, 1.807) is 0 Å². The fraction of sp³-hybridized carbons (Fsp3) is 1.00. The first-order valence-corrected chi connectivity index (χ1v) is 7.28. The third kappa shape index (κ3) is 27.1. The Labute approximate surface area is 117 Å². The molecule has 19 heavy (non-hydrogen) atoms. The second-order valence-electron chi connectivity index (χ2n) is 3.99. The highest BCUT2D eigenvalue weighted by atomic mass is 16.5. The van der Waals surface area contributed by atoms with Crippen molar-refractivity contribution >= 4 is 0 Å². The van der Waals surface area contributed by atoms with Gasteiger partial charge in [0.05, 0.1) is 39.6 Å². The van der Waals surface area contributed by atoms with E-state index in [2.05, 4.69) is 13.8 Å². The van der Waals surface area contributed by atoms with Crippen molar-refractivity contribution in [3.63, 3.8) is 0 Å². The van der Waals surface area contributed by atoms with E-state index in [0.717, 1.165) is 13.2 Å². The minimum atomic E-state index is 0.0417. The molecule has 0 aromatic heterocycles. The van der Waals surface area contributed by atoms with Crippen LogP contribution in [-0.4, -0.2) is 63.1 Å². The lowest BCUT2D eigenvalue weighted by Gasteiger charge is -2.01. The maximum atomic E-state index is 8.26. The zero-order valence-electron chi connectivity index (χ0n) is 12.6. The number of ether oxygens (including phenoxy) is 3. The van der Waals surface area contributed by atoms with Crippen molar-refractivity contribution in [1.82, 2.24) is 0 Å². The minimum Gasteiger partial charge on any atom is -0.394 e. The summed E-state index contributed by atoms with van der Waals surface area (Å²) in [5.41, 5.74) is 0. The summed E-state index contributed by atoms with van der Waals surface area (Å²) in [7, 11) is 0. The lowest BCUT2D eigenvalue weighted by Crippen LogP contribution is -2.09. The Kier molecular flexibility index (Phi) is 25.5. The smallest absolute Gasteiger partial charge is 0.0701 e. The Morgan fingerprint density at radius 3 is 1.26 bits per heavy atom. The molecule has 0 aromatic carbocycles. The summed E-state index contributed by atoms with van der Waals surface area (Å²) < 4.78 is 15.1. The average molecular weight is 280 g/mol. The van der Waals surface area contributed by atoms with E-state index >= 15 is 0 Å². The molecule has 0 aliphatic heterocycles. The largest absolute Gasteiger partial charge is 0.394 e. The molecule has 5 heteroatoms. The summed E-state index contributed by atoms with van der Waals surface area (Å²) in [6.07, 6.45) is 4.91. The third-order valence-electron chi connectivity index (χ3n) is 2.13. The van der Waals surface area contributed by atoms with Crippen molar-refractivity contribution in [2.75, 3.05) is 52.9 Å². The van der Waals surface area contributed by atoms with Crippen molar-refractivity contribution < 1.29 is 24.4 Å². The molecule has 0 aliphatic rings. The van der Waals surface area contributed by atoms with Gasteiger partial charge in [-0.25, -0.2) is 0 Å². The molecule has 0 spiro atoms. The number of unbranched alkanes of at least 4 members (excludes halogenated alkanes) is 2. The van der Waals surface area contributed by atoms with Gasteiger partial charge in [0.15, 0.2) is 0 Å². The Balaban J connectivity index is 0. The van der Waals surface area contributed by atoms with E-state index in [1.165, 1.54) is 25.7 Å². The molecular formula is C14H32O5. The zero-order valence-corrected chi connectivity index (χ0v) is 12.6. The van der Waals surface area contributed by atoms with Crippen LogP contribution >= 0.6 is 0 Å². The molecular weight excluding hydrogens is 248 g/mol. The molecule has 0 atom stereocenters. The second-order valence-corrected chi connectivity index (χ2v) is 3.99. The maximum Gasteiger partial charge on any atom is 0.0701 e. The van der Waals surface area contributed by atoms with Gasteiger partial charge in [-0.2, -0.15) is 0 Å². The molecule has 2 N–H and O–H groups in total. The fourth-order valence-electron chi connectivity index (χ4n) is 1.05. The van der Waals surface area contributed by atoms with E-state index in [4.69, 9.17) is 24.4 Å². The van der Waals surface area contributed by atoms with Crippen LogP contribution in [0.25, 0.3) is 0 Å². The monoisotopic (exact) mass is 280 g/mol. The highest BCUT2D eigenvalue weighted by molar-refractivity contribution is 4.34. The first kappa shape index (κ1) is 21.1. The molecule has 0 aliphatic carbocycles. The maximum absolute atomic E-state index is 8.26. The van der Waals surface area contributed by atoms with Crippen LogP contribution in [0.5, 0.6) is 0 Å². The van der Waals surface area contributed by atoms with Crippen LogP contribution in [0.1, 0.15) is 39.5 Å². The molecule has 0 bridgehead atoms. The van der Waals surface area contributed by atoms with Gasteiger partial charge in [-0.05, 0) is 12.8 Å². The lowest BCUT2D eigenvalue weighted by atomic mass is 10.3. The quantitative estimate of drug-likeness (QED) is 0.502. The fourth-order valence-corrected chi connectivity index (χ4v) is 1.05. The minimum absolute atomic E-state index is 0.0417. The van der Waals surface area contributed by atoms with Gasteiger partial charge in [0, 0.05) is 13.2 Å². The third-order valence-corrected chi connectivity index (χ3v) is 2.13. The number of hydrogen-bond acceptors (Lipinski definition) is 5. The van der Waals surface area contributed by atoms with Crippen LogP contribution in [0.15, 0.2) is 0 Å². The van der Waals surface area contributed by atoms with Crippen molar-refractivity contribution in [3.05, 3.63) is 0 Å². The predicted octanol–water partition coefficient (Wildman–Crippen LogP) is 1.61. The summed E-state index contributed by atoms with van der Waals surface area (Å²) >= 11 is 0. The van der Waals surface area contributed by atoms with E-state index < -0.39 is 0 Å². The molecule has 0 unspecified atom stereocenters. The van der Waals surface area contributed by atoms with Gasteiger partial charge < -0.3 is 24.4 Å². The molecule has 0 heterocycles. The van der Waals surface area contributed by atoms with Gasteiger partial charge in [-0.1, -0.05) is 26.7 Å². The molecule has 0 rings (SSSR count). The predicted molar refractivity (Wildman–Crippen MR) is 76.4 cm³/mol. The molecule has 0 amide bonds. The van der Waals surface area contributed by atoms with Gasteiger partial charge in [-0.3, -0.25) is 0 Å². The zero-order chi connectivity index (χ0) is 14.6. The van der Waals surface area contributed by atoms with E-state index in [0.29, 0.717) is 26.4 Å². The van der Waals surface area contributed by atoms with Crippen LogP contribution in [0.4, 0.5) is 0 Å². The van der Waals surface area contributed by atoms with Gasteiger partial charge >= 0.3 is 0 Å². The Morgan fingerprint density at radius 2 is 0.947 bits per heavy atom. The SMILES string of the molecule is CCCCOCCCC.OCCOCCOCCO. The van der Waals surface area contributed by atoms with Crippen LogP contribution in [0.3, 0.4) is 0 Å². The molecule has 0 radical (unpaired) electrons. The topological polar surface area (TPSA) is 68.2 Å². The number of aliphatic hydroxyl groups is 2. The van der Waals surface area contributed by atoms with Crippen molar-refractivity contribution in [2.45, 2.75) is 39.5 Å². The summed E-state index contributed by atoms with van der Waals surface area (Å²) in [6, 6.07) is 0. The number of hydrogen-bond donors (Lipinski definition) is 2. The van der Waals surface area contributed by atoms with Gasteiger partial charge in [-0.15, -0.1) is 0 Å². The van der Waals surface area contributed by atoms with Crippen LogP contribution in [0.2, 0.25) is 0 Å². The van der Waals surface area contributed by atoms with Crippen molar-refractivity contribution in [2.24, 2.45) is 0 Å². The highest BCUT2D eigenvalue weighted by Crippen LogP contribution is 1.91. The van der Waals surface area contributed by atoms with E-state index in [-0.39, 0.29) is 13.2 Å². The van der Waals surface area contributed by atoms with Crippen molar-refractivity contribution in [3.8, 4) is 0 Å². The lowest BCUT2D eigenvalue weighted by molar-refractivity contribution is 0.0222. The summed E-state index contributed by atoms with van der Waals surface area (Å²) in [4.78, 5) is 0. The molecule has 0 fully saturated rings. The molecule has 0 saturated heterocycles. The normalized spacial score (nSPS) is 10.1. The number of rotatable bonds is 13. The molecule has 118 valence electrons. The van der Waals surface area contributed by atoms with E-state index in [9.17, 15) is 0 Å². The molecule has 0 saturated carbocycles. The van der Waals surface area contributed by atoms with Gasteiger partial charge in [0.1, 0.15) is 0 Å². The first-order chi connectivity index (χ1) is 9.33. The van der Waals surface area contributed by atoms with Crippen LogP contribution in [0, 0.1) is 0 Å².